The molecule has 0 N–H and O–H groups in total. The number of aromatic nitrogens is 2. The highest BCUT2D eigenvalue weighted by atomic mass is 15.3. The molecule has 0 bridgehead atoms. The van der Waals surface area contributed by atoms with Crippen LogP contribution in [0.3, 0.4) is 0 Å². The Morgan fingerprint density at radius 2 is 1.71 bits per heavy atom. The molecule has 0 spiro atoms. The molecule has 2 heterocycles. The van der Waals surface area contributed by atoms with Crippen molar-refractivity contribution in [1.82, 2.24) is 15.1 Å². The van der Waals surface area contributed by atoms with Crippen LogP contribution in [0.25, 0.3) is 0 Å². The van der Waals surface area contributed by atoms with Gasteiger partial charge in [-0.05, 0) is 55.4 Å². The first kappa shape index (κ1) is 15.6. The van der Waals surface area contributed by atoms with Crippen LogP contribution in [0.4, 0.5) is 5.82 Å². The fourth-order valence-electron chi connectivity index (χ4n) is 4.13. The van der Waals surface area contributed by atoms with E-state index in [2.05, 4.69) is 58.1 Å². The molecule has 4 rings (SSSR count). The van der Waals surface area contributed by atoms with E-state index in [0.717, 1.165) is 25.5 Å². The first-order valence-corrected chi connectivity index (χ1v) is 9.07. The Kier molecular flexibility index (Phi) is 4.23. The third kappa shape index (κ3) is 2.91. The number of aryl methyl sites for hydroxylation is 1. The minimum Gasteiger partial charge on any atom is -0.354 e. The summed E-state index contributed by atoms with van der Waals surface area (Å²) in [6.07, 6.45) is 5.47. The molecule has 1 fully saturated rings. The molecule has 1 aromatic carbocycles. The van der Waals surface area contributed by atoms with Crippen LogP contribution in [0, 0.1) is 13.8 Å². The zero-order chi connectivity index (χ0) is 16.5. The molecule has 0 unspecified atom stereocenters. The molecule has 0 amide bonds. The molecule has 1 saturated heterocycles. The average molecular weight is 322 g/mol. The van der Waals surface area contributed by atoms with Crippen molar-refractivity contribution >= 4 is 5.82 Å². The van der Waals surface area contributed by atoms with Crippen LogP contribution < -0.4 is 4.90 Å². The standard InChI is InChI=1S/C20H26N4/c1-15-14-21-22-20(16(15)2)24-9-5-8-23(10-11-24)19-12-17-6-3-4-7-18(17)13-19/h3-4,6-7,14,19H,5,8-13H2,1-2H3. The number of anilines is 1. The van der Waals surface area contributed by atoms with Crippen LogP contribution in [0.1, 0.15) is 28.7 Å². The Morgan fingerprint density at radius 3 is 2.46 bits per heavy atom. The van der Waals surface area contributed by atoms with Crippen molar-refractivity contribution in [3.63, 3.8) is 0 Å². The summed E-state index contributed by atoms with van der Waals surface area (Å²) in [5.41, 5.74) is 5.59. The molecule has 0 radical (unpaired) electrons. The number of benzene rings is 1. The molecule has 2 aliphatic rings. The quantitative estimate of drug-likeness (QED) is 0.851. The summed E-state index contributed by atoms with van der Waals surface area (Å²) in [6, 6.07) is 9.61. The van der Waals surface area contributed by atoms with Gasteiger partial charge in [0, 0.05) is 32.2 Å². The highest BCUT2D eigenvalue weighted by Crippen LogP contribution is 2.27. The maximum Gasteiger partial charge on any atom is 0.154 e. The predicted octanol–water partition coefficient (Wildman–Crippen LogP) is 2.77. The van der Waals surface area contributed by atoms with Crippen molar-refractivity contribution in [2.24, 2.45) is 0 Å². The van der Waals surface area contributed by atoms with Gasteiger partial charge in [0.05, 0.1) is 6.20 Å². The van der Waals surface area contributed by atoms with Crippen molar-refractivity contribution in [2.75, 3.05) is 31.1 Å². The van der Waals surface area contributed by atoms with Gasteiger partial charge in [0.2, 0.25) is 0 Å². The molecule has 0 atom stereocenters. The highest BCUT2D eigenvalue weighted by Gasteiger charge is 2.28. The molecule has 126 valence electrons. The van der Waals surface area contributed by atoms with E-state index >= 15 is 0 Å². The summed E-state index contributed by atoms with van der Waals surface area (Å²) < 4.78 is 0. The predicted molar refractivity (Wildman–Crippen MR) is 97.5 cm³/mol. The summed E-state index contributed by atoms with van der Waals surface area (Å²) in [5, 5.41) is 8.59. The van der Waals surface area contributed by atoms with Gasteiger partial charge >= 0.3 is 0 Å². The minimum atomic E-state index is 0.673. The lowest BCUT2D eigenvalue weighted by Gasteiger charge is -2.28. The van der Waals surface area contributed by atoms with Crippen LogP contribution in [-0.2, 0) is 12.8 Å². The fraction of sp³-hybridized carbons (Fsp3) is 0.500. The Balaban J connectivity index is 1.45. The number of nitrogens with zero attached hydrogens (tertiary/aromatic N) is 4. The van der Waals surface area contributed by atoms with Crippen LogP contribution in [-0.4, -0.2) is 47.3 Å². The summed E-state index contributed by atoms with van der Waals surface area (Å²) in [6.45, 7) is 8.71. The molecule has 1 aliphatic carbocycles. The second-order valence-electron chi connectivity index (χ2n) is 7.18. The maximum atomic E-state index is 4.42. The molecule has 2 aromatic rings. The molecule has 1 aliphatic heterocycles. The van der Waals surface area contributed by atoms with Crippen molar-refractivity contribution in [1.29, 1.82) is 0 Å². The smallest absolute Gasteiger partial charge is 0.154 e. The van der Waals surface area contributed by atoms with Gasteiger partial charge in [-0.25, -0.2) is 0 Å². The SMILES string of the molecule is Cc1cnnc(N2CCCN(C3Cc4ccccc4C3)CC2)c1C. The Morgan fingerprint density at radius 1 is 0.958 bits per heavy atom. The van der Waals surface area contributed by atoms with Crippen molar-refractivity contribution in [3.8, 4) is 0 Å². The van der Waals surface area contributed by atoms with Gasteiger partial charge in [-0.15, -0.1) is 5.10 Å². The molecule has 24 heavy (non-hydrogen) atoms. The topological polar surface area (TPSA) is 32.3 Å². The summed E-state index contributed by atoms with van der Waals surface area (Å²) in [4.78, 5) is 5.12. The normalized spacial score (nSPS) is 19.3. The number of hydrogen-bond donors (Lipinski definition) is 0. The van der Waals surface area contributed by atoms with Crippen LogP contribution in [0.2, 0.25) is 0 Å². The van der Waals surface area contributed by atoms with Gasteiger partial charge in [-0.3, -0.25) is 4.90 Å². The molecule has 4 nitrogen and oxygen atoms in total. The van der Waals surface area contributed by atoms with E-state index in [1.807, 2.05) is 6.20 Å². The van der Waals surface area contributed by atoms with Gasteiger partial charge < -0.3 is 4.90 Å². The number of fused-ring (bicyclic) bond motifs is 1. The zero-order valence-electron chi connectivity index (χ0n) is 14.7. The van der Waals surface area contributed by atoms with Crippen LogP contribution in [0.15, 0.2) is 30.5 Å². The largest absolute Gasteiger partial charge is 0.354 e. The second kappa shape index (κ2) is 6.52. The van der Waals surface area contributed by atoms with Gasteiger partial charge in [0.15, 0.2) is 5.82 Å². The summed E-state index contributed by atoms with van der Waals surface area (Å²) in [5.74, 6) is 1.08. The summed E-state index contributed by atoms with van der Waals surface area (Å²) in [7, 11) is 0. The zero-order valence-corrected chi connectivity index (χ0v) is 14.7. The maximum absolute atomic E-state index is 4.42. The lowest BCUT2D eigenvalue weighted by atomic mass is 10.1. The monoisotopic (exact) mass is 322 g/mol. The van der Waals surface area contributed by atoms with Gasteiger partial charge in [0.25, 0.3) is 0 Å². The van der Waals surface area contributed by atoms with Crippen molar-refractivity contribution in [3.05, 3.63) is 52.7 Å². The van der Waals surface area contributed by atoms with Crippen LogP contribution in [0.5, 0.6) is 0 Å². The molecule has 0 saturated carbocycles. The molecule has 4 heteroatoms. The Labute approximate surface area is 144 Å². The van der Waals surface area contributed by atoms with Gasteiger partial charge in [-0.2, -0.15) is 5.10 Å². The average Bonchev–Trinajstić information content (AvgIpc) is 2.87. The molecular weight excluding hydrogens is 296 g/mol. The van der Waals surface area contributed by atoms with Crippen molar-refractivity contribution in [2.45, 2.75) is 39.2 Å². The third-order valence-corrected chi connectivity index (χ3v) is 5.71. The third-order valence-electron chi connectivity index (χ3n) is 5.71. The number of rotatable bonds is 2. The van der Waals surface area contributed by atoms with Gasteiger partial charge in [-0.1, -0.05) is 24.3 Å². The first-order chi connectivity index (χ1) is 11.7. The van der Waals surface area contributed by atoms with E-state index in [1.54, 1.807) is 11.1 Å². The number of hydrogen-bond acceptors (Lipinski definition) is 4. The molecule has 1 aromatic heterocycles. The Hall–Kier alpha value is -1.94. The Bertz CT molecular complexity index is 702. The lowest BCUT2D eigenvalue weighted by molar-refractivity contribution is 0.216. The summed E-state index contributed by atoms with van der Waals surface area (Å²) >= 11 is 0. The van der Waals surface area contributed by atoms with E-state index in [4.69, 9.17) is 0 Å². The van der Waals surface area contributed by atoms with E-state index in [9.17, 15) is 0 Å². The van der Waals surface area contributed by atoms with E-state index < -0.39 is 0 Å². The van der Waals surface area contributed by atoms with E-state index in [-0.39, 0.29) is 0 Å². The minimum absolute atomic E-state index is 0.673. The second-order valence-corrected chi connectivity index (χ2v) is 7.18. The highest BCUT2D eigenvalue weighted by molar-refractivity contribution is 5.48. The fourth-order valence-corrected chi connectivity index (χ4v) is 4.13. The first-order valence-electron chi connectivity index (χ1n) is 9.07. The van der Waals surface area contributed by atoms with E-state index in [0.29, 0.717) is 6.04 Å². The van der Waals surface area contributed by atoms with E-state index in [1.165, 1.54) is 36.9 Å². The molecular formula is C20H26N4. The van der Waals surface area contributed by atoms with Crippen molar-refractivity contribution < 1.29 is 0 Å². The van der Waals surface area contributed by atoms with Crippen LogP contribution >= 0.6 is 0 Å². The lowest BCUT2D eigenvalue weighted by Crippen LogP contribution is -2.39. The van der Waals surface area contributed by atoms with Gasteiger partial charge in [0.1, 0.15) is 0 Å².